The van der Waals surface area contributed by atoms with Crippen LogP contribution in [-0.4, -0.2) is 68.7 Å². The van der Waals surface area contributed by atoms with Gasteiger partial charge in [0, 0.05) is 23.1 Å². The predicted octanol–water partition coefficient (Wildman–Crippen LogP) is 1.23. The highest BCUT2D eigenvalue weighted by Gasteiger charge is 2.04. The molecule has 0 radical (unpaired) electrons. The number of aliphatic hydroxyl groups is 2. The Morgan fingerprint density at radius 2 is 1.07 bits per heavy atom. The van der Waals surface area contributed by atoms with E-state index in [9.17, 15) is 19.2 Å². The summed E-state index contributed by atoms with van der Waals surface area (Å²) in [4.78, 5) is 39.2. The lowest BCUT2D eigenvalue weighted by Gasteiger charge is -2.06. The van der Waals surface area contributed by atoms with Crippen molar-refractivity contribution in [2.75, 3.05) is 13.2 Å². The van der Waals surface area contributed by atoms with Gasteiger partial charge in [-0.05, 0) is 20.8 Å². The van der Waals surface area contributed by atoms with Crippen LogP contribution in [0.25, 0.3) is 0 Å². The van der Waals surface area contributed by atoms with Crippen molar-refractivity contribution in [2.24, 2.45) is 0 Å². The van der Waals surface area contributed by atoms with Crippen LogP contribution in [0.15, 0.2) is 36.5 Å². The normalized spacial score (nSPS) is 9.36. The summed E-state index contributed by atoms with van der Waals surface area (Å²) >= 11 is 0. The first-order valence-corrected chi connectivity index (χ1v) is 7.74. The van der Waals surface area contributed by atoms with Crippen molar-refractivity contribution >= 4 is 23.9 Å². The van der Waals surface area contributed by atoms with Gasteiger partial charge in [0.2, 0.25) is 0 Å². The van der Waals surface area contributed by atoms with Gasteiger partial charge in [-0.3, -0.25) is 4.79 Å². The van der Waals surface area contributed by atoms with Crippen molar-refractivity contribution in [2.45, 2.75) is 40.2 Å². The van der Waals surface area contributed by atoms with E-state index in [-0.39, 0.29) is 42.3 Å². The molecule has 0 aromatic heterocycles. The van der Waals surface area contributed by atoms with Gasteiger partial charge in [-0.2, -0.15) is 0 Å². The third kappa shape index (κ3) is 34.4. The monoisotopic (exact) mass is 406 g/mol. The van der Waals surface area contributed by atoms with E-state index in [1.54, 1.807) is 6.92 Å². The molecule has 28 heavy (non-hydrogen) atoms. The van der Waals surface area contributed by atoms with Crippen molar-refractivity contribution in [3.8, 4) is 0 Å². The molecule has 0 saturated carbocycles. The molecule has 0 aromatic carbocycles. The highest BCUT2D eigenvalue weighted by Crippen LogP contribution is 1.87. The second kappa shape index (κ2) is 20.3. The van der Waals surface area contributed by atoms with Crippen LogP contribution in [-0.2, 0) is 23.9 Å². The molecule has 0 heterocycles. The molecule has 0 spiro atoms. The second-order valence-corrected chi connectivity index (χ2v) is 5.13. The van der Waals surface area contributed by atoms with Crippen molar-refractivity contribution in [1.29, 1.82) is 0 Å². The van der Waals surface area contributed by atoms with Crippen LogP contribution in [0.3, 0.4) is 0 Å². The van der Waals surface area contributed by atoms with Crippen LogP contribution >= 0.6 is 0 Å². The van der Waals surface area contributed by atoms with Crippen LogP contribution in [0.1, 0.15) is 34.1 Å². The highest BCUT2D eigenvalue weighted by atomic mass is 16.5. The Morgan fingerprint density at radius 3 is 1.21 bits per heavy atom. The summed E-state index contributed by atoms with van der Waals surface area (Å²) in [5.41, 5.74) is 0.528. The Balaban J connectivity index is -0.000000142. The van der Waals surface area contributed by atoms with Gasteiger partial charge >= 0.3 is 23.9 Å². The minimum absolute atomic E-state index is 0.122. The number of carbonyl (C=O) groups is 4. The maximum Gasteiger partial charge on any atom is 0.330 e. The molecule has 5 N–H and O–H groups in total. The summed E-state index contributed by atoms with van der Waals surface area (Å²) in [7, 11) is 0. The van der Waals surface area contributed by atoms with Crippen LogP contribution in [0, 0.1) is 0 Å². The number of aliphatic hydroxyl groups excluding tert-OH is 2. The first-order valence-electron chi connectivity index (χ1n) is 7.74. The topological polar surface area (TPSA) is 179 Å². The highest BCUT2D eigenvalue weighted by molar-refractivity contribution is 5.85. The lowest BCUT2D eigenvalue weighted by Crippen LogP contribution is -2.21. The minimum Gasteiger partial charge on any atom is -0.478 e. The largest absolute Gasteiger partial charge is 0.478 e. The Labute approximate surface area is 164 Å². The predicted molar refractivity (Wildman–Crippen MR) is 102 cm³/mol. The maximum absolute atomic E-state index is 10.4. The standard InChI is InChI=1S/C6H12O4.3C4H6O2/c1-2-6(9)10-4-5(8)3-7;3*1-3(2)4(5)6/h5,7-8H,2-4H2,1H3;3*1H2,2H3,(H,5,6). The zero-order valence-electron chi connectivity index (χ0n) is 16.6. The second-order valence-electron chi connectivity index (χ2n) is 5.13. The molecule has 0 aliphatic carbocycles. The molecular formula is C18H30O10. The fourth-order valence-corrected chi connectivity index (χ4v) is 0.344. The number of aliphatic carboxylic acids is 3. The zero-order valence-corrected chi connectivity index (χ0v) is 16.6. The van der Waals surface area contributed by atoms with Gasteiger partial charge in [0.15, 0.2) is 0 Å². The van der Waals surface area contributed by atoms with E-state index in [0.29, 0.717) is 0 Å². The van der Waals surface area contributed by atoms with Gasteiger partial charge in [0.05, 0.1) is 6.61 Å². The molecule has 0 aliphatic heterocycles. The summed E-state index contributed by atoms with van der Waals surface area (Å²) in [6, 6.07) is 0. The minimum atomic E-state index is -0.949. The molecule has 0 saturated heterocycles. The molecule has 0 aromatic rings. The molecule has 10 heteroatoms. The lowest BCUT2D eigenvalue weighted by atomic mass is 10.4. The van der Waals surface area contributed by atoms with Crippen LogP contribution in [0.4, 0.5) is 0 Å². The van der Waals surface area contributed by atoms with Crippen molar-refractivity contribution in [3.63, 3.8) is 0 Å². The van der Waals surface area contributed by atoms with E-state index in [4.69, 9.17) is 25.5 Å². The summed E-state index contributed by atoms with van der Waals surface area (Å²) in [6.45, 7) is 15.0. The lowest BCUT2D eigenvalue weighted by molar-refractivity contribution is -0.147. The van der Waals surface area contributed by atoms with Gasteiger partial charge in [-0.1, -0.05) is 26.7 Å². The number of carboxylic acid groups (broad SMARTS) is 3. The van der Waals surface area contributed by atoms with E-state index in [0.717, 1.165) is 0 Å². The number of hydrogen-bond donors (Lipinski definition) is 5. The van der Waals surface area contributed by atoms with Crippen LogP contribution in [0.5, 0.6) is 0 Å². The average molecular weight is 406 g/mol. The van der Waals surface area contributed by atoms with E-state index in [1.165, 1.54) is 20.8 Å². The number of carboxylic acids is 3. The number of esters is 1. The fraction of sp³-hybridized carbons (Fsp3) is 0.444. The third-order valence-electron chi connectivity index (χ3n) is 2.03. The van der Waals surface area contributed by atoms with Gasteiger partial charge < -0.3 is 30.3 Å². The van der Waals surface area contributed by atoms with Crippen molar-refractivity contribution in [1.82, 2.24) is 0 Å². The summed E-state index contributed by atoms with van der Waals surface area (Å²) in [6.07, 6.45) is -0.659. The molecule has 0 aliphatic rings. The molecule has 162 valence electrons. The third-order valence-corrected chi connectivity index (χ3v) is 2.03. The quantitative estimate of drug-likeness (QED) is 0.305. The Bertz CT molecular complexity index is 456. The molecular weight excluding hydrogens is 376 g/mol. The Morgan fingerprint density at radius 1 is 0.821 bits per heavy atom. The van der Waals surface area contributed by atoms with Crippen LogP contribution < -0.4 is 0 Å². The van der Waals surface area contributed by atoms with E-state index < -0.39 is 24.0 Å². The van der Waals surface area contributed by atoms with Crippen molar-refractivity contribution < 1.29 is 49.4 Å². The number of carbonyl (C=O) groups excluding carboxylic acids is 1. The van der Waals surface area contributed by atoms with E-state index in [2.05, 4.69) is 24.5 Å². The van der Waals surface area contributed by atoms with Gasteiger partial charge in [0.1, 0.15) is 12.7 Å². The number of rotatable bonds is 7. The van der Waals surface area contributed by atoms with Gasteiger partial charge in [0.25, 0.3) is 0 Å². The molecule has 0 bridgehead atoms. The molecule has 1 atom stereocenters. The molecule has 0 fully saturated rings. The first-order chi connectivity index (χ1) is 12.6. The SMILES string of the molecule is C=C(C)C(=O)O.C=C(C)C(=O)O.C=C(C)C(=O)O.CCC(=O)OCC(O)CO. The molecule has 1 unspecified atom stereocenters. The van der Waals surface area contributed by atoms with E-state index in [1.807, 2.05) is 0 Å². The number of ether oxygens (including phenoxy) is 1. The summed E-state index contributed by atoms with van der Waals surface area (Å²) < 4.78 is 4.49. The van der Waals surface area contributed by atoms with Crippen LogP contribution in [0.2, 0.25) is 0 Å². The fourth-order valence-electron chi connectivity index (χ4n) is 0.344. The van der Waals surface area contributed by atoms with E-state index >= 15 is 0 Å². The molecule has 0 rings (SSSR count). The smallest absolute Gasteiger partial charge is 0.330 e. The Hall–Kier alpha value is -2.98. The van der Waals surface area contributed by atoms with Gasteiger partial charge in [-0.15, -0.1) is 0 Å². The first kappa shape index (κ1) is 32.7. The number of hydrogen-bond acceptors (Lipinski definition) is 7. The maximum atomic E-state index is 10.4. The zero-order chi connectivity index (χ0) is 23.4. The molecule has 10 nitrogen and oxygen atoms in total. The summed E-state index contributed by atoms with van der Waals surface area (Å²) in [5, 5.41) is 40.6. The van der Waals surface area contributed by atoms with Crippen molar-refractivity contribution in [3.05, 3.63) is 36.5 Å². The summed E-state index contributed by atoms with van der Waals surface area (Å²) in [5.74, 6) is -3.17. The average Bonchev–Trinajstić information content (AvgIpc) is 2.60. The molecule has 0 amide bonds. The Kier molecular flexibility index (Phi) is 23.7. The van der Waals surface area contributed by atoms with Gasteiger partial charge in [-0.25, -0.2) is 14.4 Å².